The van der Waals surface area contributed by atoms with Gasteiger partial charge in [0.2, 0.25) is 5.91 Å². The largest absolute Gasteiger partial charge is 0.478 e. The first-order chi connectivity index (χ1) is 9.47. The molecule has 0 saturated heterocycles. The summed E-state index contributed by atoms with van der Waals surface area (Å²) in [5, 5.41) is 8.83. The number of hydrogen-bond donors (Lipinski definition) is 1. The summed E-state index contributed by atoms with van der Waals surface area (Å²) >= 11 is 0. The Morgan fingerprint density at radius 3 is 2.15 bits per heavy atom. The summed E-state index contributed by atoms with van der Waals surface area (Å²) in [5.74, 6) is -0.352. The van der Waals surface area contributed by atoms with Crippen LogP contribution in [0.4, 0.5) is 0 Å². The normalized spacial score (nSPS) is 10.6. The first-order valence-electron chi connectivity index (χ1n) is 7.04. The van der Waals surface area contributed by atoms with Crippen LogP contribution in [0.5, 0.6) is 0 Å². The third-order valence-electron chi connectivity index (χ3n) is 3.66. The van der Waals surface area contributed by atoms with Crippen molar-refractivity contribution >= 4 is 11.9 Å². The van der Waals surface area contributed by atoms with Crippen molar-refractivity contribution < 1.29 is 14.7 Å². The van der Waals surface area contributed by atoms with E-state index < -0.39 is 5.97 Å². The maximum absolute atomic E-state index is 12.1. The van der Waals surface area contributed by atoms with E-state index in [4.69, 9.17) is 5.11 Å². The Morgan fingerprint density at radius 1 is 1.15 bits per heavy atom. The molecule has 0 radical (unpaired) electrons. The van der Waals surface area contributed by atoms with Gasteiger partial charge in [0.15, 0.2) is 0 Å². The Balaban J connectivity index is 2.58. The Labute approximate surface area is 120 Å². The SMILES string of the molecule is CCC(CC)CC(=O)N(C)Cc1ccc(C(=O)O)cc1. The second-order valence-corrected chi connectivity index (χ2v) is 5.14. The van der Waals surface area contributed by atoms with E-state index in [-0.39, 0.29) is 11.5 Å². The van der Waals surface area contributed by atoms with Crippen LogP contribution in [-0.2, 0) is 11.3 Å². The number of carboxylic acids is 1. The van der Waals surface area contributed by atoms with E-state index >= 15 is 0 Å². The third-order valence-corrected chi connectivity index (χ3v) is 3.66. The summed E-state index contributed by atoms with van der Waals surface area (Å²) in [4.78, 5) is 24.6. The van der Waals surface area contributed by atoms with E-state index in [1.807, 2.05) is 0 Å². The molecule has 0 unspecified atom stereocenters. The lowest BCUT2D eigenvalue weighted by molar-refractivity contribution is -0.131. The Bertz CT molecular complexity index is 449. The highest BCUT2D eigenvalue weighted by atomic mass is 16.4. The molecule has 0 fully saturated rings. The smallest absolute Gasteiger partial charge is 0.335 e. The lowest BCUT2D eigenvalue weighted by Gasteiger charge is -2.20. The quantitative estimate of drug-likeness (QED) is 0.832. The van der Waals surface area contributed by atoms with Gasteiger partial charge >= 0.3 is 5.97 Å². The van der Waals surface area contributed by atoms with Crippen LogP contribution in [0.1, 0.15) is 49.0 Å². The second kappa shape index (κ2) is 7.68. The molecule has 20 heavy (non-hydrogen) atoms. The molecule has 0 aliphatic rings. The molecule has 1 aromatic rings. The molecule has 1 rings (SSSR count). The first-order valence-corrected chi connectivity index (χ1v) is 7.04. The topological polar surface area (TPSA) is 57.6 Å². The summed E-state index contributed by atoms with van der Waals surface area (Å²) in [6, 6.07) is 6.64. The van der Waals surface area contributed by atoms with Crippen molar-refractivity contribution in [2.45, 2.75) is 39.7 Å². The maximum atomic E-state index is 12.1. The zero-order valence-corrected chi connectivity index (χ0v) is 12.4. The van der Waals surface area contributed by atoms with Gasteiger partial charge in [0.05, 0.1) is 5.56 Å². The van der Waals surface area contributed by atoms with Crippen molar-refractivity contribution in [3.05, 3.63) is 35.4 Å². The molecule has 4 heteroatoms. The average molecular weight is 277 g/mol. The Hall–Kier alpha value is -1.84. The van der Waals surface area contributed by atoms with Crippen molar-refractivity contribution in [1.82, 2.24) is 4.90 Å². The van der Waals surface area contributed by atoms with Crippen LogP contribution in [0, 0.1) is 5.92 Å². The van der Waals surface area contributed by atoms with Crippen LogP contribution < -0.4 is 0 Å². The molecule has 110 valence electrons. The van der Waals surface area contributed by atoms with E-state index in [1.165, 1.54) is 0 Å². The second-order valence-electron chi connectivity index (χ2n) is 5.14. The van der Waals surface area contributed by atoms with Crippen molar-refractivity contribution in [3.8, 4) is 0 Å². The first kappa shape index (κ1) is 16.2. The van der Waals surface area contributed by atoms with E-state index in [2.05, 4.69) is 13.8 Å². The number of carbonyl (C=O) groups is 2. The number of rotatable bonds is 7. The van der Waals surface area contributed by atoms with Crippen LogP contribution in [0.25, 0.3) is 0 Å². The van der Waals surface area contributed by atoms with Gasteiger partial charge in [-0.3, -0.25) is 4.79 Å². The Kier molecular flexibility index (Phi) is 6.22. The van der Waals surface area contributed by atoms with Crippen molar-refractivity contribution in [3.63, 3.8) is 0 Å². The molecule has 0 saturated carbocycles. The third kappa shape index (κ3) is 4.68. The molecular weight excluding hydrogens is 254 g/mol. The van der Waals surface area contributed by atoms with Gasteiger partial charge in [0, 0.05) is 20.0 Å². The fourth-order valence-corrected chi connectivity index (χ4v) is 2.09. The maximum Gasteiger partial charge on any atom is 0.335 e. The fourth-order valence-electron chi connectivity index (χ4n) is 2.09. The van der Waals surface area contributed by atoms with Gasteiger partial charge < -0.3 is 10.0 Å². The number of benzene rings is 1. The molecule has 1 aromatic carbocycles. The monoisotopic (exact) mass is 277 g/mol. The highest BCUT2D eigenvalue weighted by molar-refractivity contribution is 5.87. The Morgan fingerprint density at radius 2 is 1.70 bits per heavy atom. The molecule has 4 nitrogen and oxygen atoms in total. The van der Waals surface area contributed by atoms with Crippen LogP contribution in [0.2, 0.25) is 0 Å². The lowest BCUT2D eigenvalue weighted by Crippen LogP contribution is -2.27. The summed E-state index contributed by atoms with van der Waals surface area (Å²) in [6.07, 6.45) is 2.61. The predicted octanol–water partition coefficient (Wildman–Crippen LogP) is 3.17. The number of aromatic carboxylic acids is 1. The van der Waals surface area contributed by atoms with Crippen LogP contribution >= 0.6 is 0 Å². The molecule has 0 heterocycles. The van der Waals surface area contributed by atoms with Gasteiger partial charge in [0.25, 0.3) is 0 Å². The van der Waals surface area contributed by atoms with Crippen molar-refractivity contribution in [1.29, 1.82) is 0 Å². The number of nitrogens with zero attached hydrogens (tertiary/aromatic N) is 1. The highest BCUT2D eigenvalue weighted by Gasteiger charge is 2.14. The summed E-state index contributed by atoms with van der Waals surface area (Å²) < 4.78 is 0. The van der Waals surface area contributed by atoms with Gasteiger partial charge in [-0.25, -0.2) is 4.79 Å². The zero-order chi connectivity index (χ0) is 15.1. The minimum Gasteiger partial charge on any atom is -0.478 e. The molecule has 0 aliphatic carbocycles. The minimum atomic E-state index is -0.935. The lowest BCUT2D eigenvalue weighted by atomic mass is 9.99. The fraction of sp³-hybridized carbons (Fsp3) is 0.500. The van der Waals surface area contributed by atoms with Crippen LogP contribution in [0.3, 0.4) is 0 Å². The predicted molar refractivity (Wildman–Crippen MR) is 78.6 cm³/mol. The molecule has 0 atom stereocenters. The summed E-state index contributed by atoms with van der Waals surface area (Å²) in [6.45, 7) is 4.72. The van der Waals surface area contributed by atoms with Crippen LogP contribution in [0.15, 0.2) is 24.3 Å². The summed E-state index contributed by atoms with van der Waals surface area (Å²) in [7, 11) is 1.79. The number of amides is 1. The number of hydrogen-bond acceptors (Lipinski definition) is 2. The summed E-state index contributed by atoms with van der Waals surface area (Å²) in [5.41, 5.74) is 1.20. The average Bonchev–Trinajstić information content (AvgIpc) is 2.44. The molecule has 1 N–H and O–H groups in total. The van der Waals surface area contributed by atoms with Gasteiger partial charge in [-0.2, -0.15) is 0 Å². The van der Waals surface area contributed by atoms with Crippen LogP contribution in [-0.4, -0.2) is 28.9 Å². The molecular formula is C16H23NO3. The minimum absolute atomic E-state index is 0.140. The van der Waals surface area contributed by atoms with E-state index in [9.17, 15) is 9.59 Å². The molecule has 0 bridgehead atoms. The van der Waals surface area contributed by atoms with Gasteiger partial charge in [0.1, 0.15) is 0 Å². The van der Waals surface area contributed by atoms with Crippen molar-refractivity contribution in [2.75, 3.05) is 7.05 Å². The number of carboxylic acid groups (broad SMARTS) is 1. The van der Waals surface area contributed by atoms with E-state index in [0.717, 1.165) is 18.4 Å². The zero-order valence-electron chi connectivity index (χ0n) is 12.4. The highest BCUT2D eigenvalue weighted by Crippen LogP contribution is 2.15. The standard InChI is InChI=1S/C16H23NO3/c1-4-12(5-2)10-15(18)17(3)11-13-6-8-14(9-7-13)16(19)20/h6-9,12H,4-5,10-11H2,1-3H3,(H,19,20). The molecule has 0 spiro atoms. The number of carbonyl (C=O) groups excluding carboxylic acids is 1. The van der Waals surface area contributed by atoms with E-state index in [0.29, 0.717) is 18.9 Å². The molecule has 0 aliphatic heterocycles. The molecule has 1 amide bonds. The molecule has 0 aromatic heterocycles. The van der Waals surface area contributed by atoms with Gasteiger partial charge in [-0.1, -0.05) is 38.8 Å². The van der Waals surface area contributed by atoms with Gasteiger partial charge in [-0.05, 0) is 23.6 Å². The van der Waals surface area contributed by atoms with Gasteiger partial charge in [-0.15, -0.1) is 0 Å². The van der Waals surface area contributed by atoms with Crippen molar-refractivity contribution in [2.24, 2.45) is 5.92 Å². The van der Waals surface area contributed by atoms with E-state index in [1.54, 1.807) is 36.2 Å².